The molecule has 1 amide bonds. The second kappa shape index (κ2) is 11.0. The number of halogens is 1. The zero-order valence-electron chi connectivity index (χ0n) is 20.4. The molecule has 2 heterocycles. The second-order valence-corrected chi connectivity index (χ2v) is 9.39. The Bertz CT molecular complexity index is 1030. The maximum absolute atomic E-state index is 12.9. The van der Waals surface area contributed by atoms with Gasteiger partial charge in [-0.05, 0) is 75.1 Å². The summed E-state index contributed by atoms with van der Waals surface area (Å²) in [7, 11) is 0. The molecular weight excluding hydrogens is 432 g/mol. The zero-order valence-corrected chi connectivity index (χ0v) is 21.1. The summed E-state index contributed by atoms with van der Waals surface area (Å²) >= 11 is 6.22. The Morgan fingerprint density at radius 3 is 2.61 bits per heavy atom. The maximum atomic E-state index is 12.9. The van der Waals surface area contributed by atoms with Gasteiger partial charge in [0, 0.05) is 49.0 Å². The van der Waals surface area contributed by atoms with Gasteiger partial charge in [-0.25, -0.2) is 0 Å². The molecule has 2 atom stereocenters. The third-order valence-corrected chi connectivity index (χ3v) is 6.87. The molecule has 5 nitrogen and oxygen atoms in total. The van der Waals surface area contributed by atoms with Crippen molar-refractivity contribution in [2.24, 2.45) is 0 Å². The van der Waals surface area contributed by atoms with E-state index in [4.69, 9.17) is 16.9 Å². The van der Waals surface area contributed by atoms with E-state index in [-0.39, 0.29) is 18.0 Å². The highest BCUT2D eigenvalue weighted by Crippen LogP contribution is 2.29. The van der Waals surface area contributed by atoms with Gasteiger partial charge in [-0.1, -0.05) is 31.5 Å². The summed E-state index contributed by atoms with van der Waals surface area (Å²) in [5, 5.41) is 12.8. The number of anilines is 1. The Morgan fingerprint density at radius 1 is 1.18 bits per heavy atom. The van der Waals surface area contributed by atoms with Crippen molar-refractivity contribution in [2.45, 2.75) is 72.1 Å². The summed E-state index contributed by atoms with van der Waals surface area (Å²) in [6, 6.07) is 14.6. The second-order valence-electron chi connectivity index (χ2n) is 8.98. The predicted octanol–water partition coefficient (Wildman–Crippen LogP) is 5.40. The fourth-order valence-electron chi connectivity index (χ4n) is 4.69. The number of amides is 1. The first kappa shape index (κ1) is 25.1. The van der Waals surface area contributed by atoms with E-state index in [1.54, 1.807) is 6.07 Å². The van der Waals surface area contributed by atoms with Crippen LogP contribution in [0.4, 0.5) is 5.69 Å². The number of carbonyl (C=O) groups excluding carboxylic acids is 1. The largest absolute Gasteiger partial charge is 0.367 e. The smallest absolute Gasteiger partial charge is 0.251 e. The topological polar surface area (TPSA) is 59.4 Å². The molecule has 33 heavy (non-hydrogen) atoms. The molecule has 2 unspecified atom stereocenters. The van der Waals surface area contributed by atoms with Crippen molar-refractivity contribution >= 4 is 23.2 Å². The average molecular weight is 467 g/mol. The first-order valence-corrected chi connectivity index (χ1v) is 12.4. The van der Waals surface area contributed by atoms with Crippen molar-refractivity contribution in [2.75, 3.05) is 18.0 Å². The summed E-state index contributed by atoms with van der Waals surface area (Å²) in [5.41, 5.74) is 4.82. The third kappa shape index (κ3) is 5.69. The van der Waals surface area contributed by atoms with Crippen LogP contribution < -0.4 is 10.2 Å². The summed E-state index contributed by atoms with van der Waals surface area (Å²) in [4.78, 5) is 17.7. The molecule has 1 fully saturated rings. The van der Waals surface area contributed by atoms with Gasteiger partial charge in [-0.2, -0.15) is 5.26 Å². The molecule has 2 aliphatic heterocycles. The van der Waals surface area contributed by atoms with Crippen molar-refractivity contribution < 1.29 is 4.79 Å². The van der Waals surface area contributed by atoms with Gasteiger partial charge in [0.15, 0.2) is 0 Å². The number of carbonyl (C=O) groups is 1. The van der Waals surface area contributed by atoms with Crippen molar-refractivity contribution in [1.29, 1.82) is 5.26 Å². The first-order valence-electron chi connectivity index (χ1n) is 12.0. The van der Waals surface area contributed by atoms with Crippen LogP contribution in [0, 0.1) is 11.3 Å². The Labute approximate surface area is 203 Å². The Kier molecular flexibility index (Phi) is 8.40. The molecule has 0 aliphatic carbocycles. The van der Waals surface area contributed by atoms with Gasteiger partial charge in [0.2, 0.25) is 0 Å². The van der Waals surface area contributed by atoms with E-state index in [0.29, 0.717) is 16.6 Å². The van der Waals surface area contributed by atoms with Crippen LogP contribution >= 0.6 is 11.6 Å². The van der Waals surface area contributed by atoms with Gasteiger partial charge in [0.1, 0.15) is 6.07 Å². The molecule has 0 saturated carbocycles. The highest BCUT2D eigenvalue weighted by Gasteiger charge is 2.31. The molecular formula is C27H35ClN4O. The monoisotopic (exact) mass is 466 g/mol. The molecule has 0 bridgehead atoms. The SMILES string of the molecule is CC.CC(C)N1CCc2cc(C(=O)NC3CC(C)N(c4ccc(C#N)c(Cl)c4)C3)ccc2C1. The van der Waals surface area contributed by atoms with E-state index in [1.807, 2.05) is 32.0 Å². The van der Waals surface area contributed by atoms with Gasteiger partial charge >= 0.3 is 0 Å². The van der Waals surface area contributed by atoms with Crippen LogP contribution in [0.25, 0.3) is 0 Å². The highest BCUT2D eigenvalue weighted by atomic mass is 35.5. The molecule has 0 aromatic heterocycles. The Morgan fingerprint density at radius 2 is 1.94 bits per heavy atom. The minimum atomic E-state index is -0.00833. The van der Waals surface area contributed by atoms with Gasteiger partial charge in [-0.3, -0.25) is 9.69 Å². The van der Waals surface area contributed by atoms with Crippen LogP contribution in [0.5, 0.6) is 0 Å². The number of hydrogen-bond acceptors (Lipinski definition) is 4. The van der Waals surface area contributed by atoms with Crippen molar-refractivity contribution in [3.8, 4) is 6.07 Å². The highest BCUT2D eigenvalue weighted by molar-refractivity contribution is 6.32. The molecule has 0 spiro atoms. The maximum Gasteiger partial charge on any atom is 0.251 e. The zero-order chi connectivity index (χ0) is 24.1. The van der Waals surface area contributed by atoms with Crippen molar-refractivity contribution in [3.63, 3.8) is 0 Å². The van der Waals surface area contributed by atoms with E-state index in [0.717, 1.165) is 43.7 Å². The molecule has 0 radical (unpaired) electrons. The number of benzene rings is 2. The number of nitriles is 1. The van der Waals surface area contributed by atoms with E-state index in [1.165, 1.54) is 11.1 Å². The average Bonchev–Trinajstić information content (AvgIpc) is 3.19. The van der Waals surface area contributed by atoms with Gasteiger partial charge in [0.05, 0.1) is 10.6 Å². The number of nitrogens with zero attached hydrogens (tertiary/aromatic N) is 3. The van der Waals surface area contributed by atoms with Crippen molar-refractivity contribution in [3.05, 3.63) is 63.7 Å². The number of fused-ring (bicyclic) bond motifs is 1. The van der Waals surface area contributed by atoms with E-state index in [2.05, 4.69) is 54.1 Å². The molecule has 6 heteroatoms. The van der Waals surface area contributed by atoms with Crippen LogP contribution in [-0.4, -0.2) is 42.0 Å². The van der Waals surface area contributed by atoms with Crippen LogP contribution in [0.2, 0.25) is 5.02 Å². The lowest BCUT2D eigenvalue weighted by molar-refractivity contribution is 0.0939. The van der Waals surface area contributed by atoms with E-state index in [9.17, 15) is 4.79 Å². The summed E-state index contributed by atoms with van der Waals surface area (Å²) in [6.07, 6.45) is 1.86. The molecule has 1 saturated heterocycles. The van der Waals surface area contributed by atoms with Crippen LogP contribution in [0.15, 0.2) is 36.4 Å². The van der Waals surface area contributed by atoms with Crippen LogP contribution in [0.3, 0.4) is 0 Å². The first-order chi connectivity index (χ1) is 15.9. The lowest BCUT2D eigenvalue weighted by Gasteiger charge is -2.32. The standard InChI is InChI=1S/C25H29ClN4O.C2H6/c1-16(2)29-9-8-18-11-19(4-5-21(18)14-29)25(31)28-22-10-17(3)30(15-22)23-7-6-20(13-27)24(26)12-23;1-2/h4-7,11-12,16-17,22H,8-10,14-15H2,1-3H3,(H,28,31);1-2H3. The van der Waals surface area contributed by atoms with Gasteiger partial charge in [-0.15, -0.1) is 0 Å². The van der Waals surface area contributed by atoms with E-state index < -0.39 is 0 Å². The summed E-state index contributed by atoms with van der Waals surface area (Å²) in [5.74, 6) is -0.00833. The van der Waals surface area contributed by atoms with Gasteiger partial charge in [0.25, 0.3) is 5.91 Å². The van der Waals surface area contributed by atoms with Crippen LogP contribution in [-0.2, 0) is 13.0 Å². The molecule has 2 aliphatic rings. The molecule has 2 aromatic carbocycles. The van der Waals surface area contributed by atoms with Crippen LogP contribution in [0.1, 0.15) is 68.1 Å². The van der Waals surface area contributed by atoms with Crippen molar-refractivity contribution in [1.82, 2.24) is 10.2 Å². The molecule has 1 N–H and O–H groups in total. The van der Waals surface area contributed by atoms with Gasteiger partial charge < -0.3 is 10.2 Å². The summed E-state index contributed by atoms with van der Waals surface area (Å²) in [6.45, 7) is 13.3. The summed E-state index contributed by atoms with van der Waals surface area (Å²) < 4.78 is 0. The predicted molar refractivity (Wildman–Crippen MR) is 136 cm³/mol. The molecule has 176 valence electrons. The van der Waals surface area contributed by atoms with E-state index >= 15 is 0 Å². The minimum absolute atomic E-state index is 0.00833. The minimum Gasteiger partial charge on any atom is -0.367 e. The molecule has 2 aromatic rings. The number of nitrogens with one attached hydrogen (secondary N) is 1. The number of hydrogen-bond donors (Lipinski definition) is 1. The fourth-order valence-corrected chi connectivity index (χ4v) is 4.91. The Balaban J connectivity index is 0.00000149. The fraction of sp³-hybridized carbons (Fsp3) is 0.481. The Hall–Kier alpha value is -2.55. The number of rotatable bonds is 4. The molecule has 4 rings (SSSR count). The quantitative estimate of drug-likeness (QED) is 0.655. The lowest BCUT2D eigenvalue weighted by Crippen LogP contribution is -2.38. The lowest BCUT2D eigenvalue weighted by atomic mass is 9.96. The normalized spacial score (nSPS) is 20.0. The third-order valence-electron chi connectivity index (χ3n) is 6.56.